The molecule has 3 unspecified atom stereocenters. The minimum absolute atomic E-state index is 0.322. The minimum atomic E-state index is 0.322. The normalized spacial score (nSPS) is 36.8. The van der Waals surface area contributed by atoms with Crippen LogP contribution < -0.4 is 5.32 Å². The van der Waals surface area contributed by atoms with Gasteiger partial charge in [-0.3, -0.25) is 0 Å². The van der Waals surface area contributed by atoms with E-state index in [1.165, 1.54) is 12.8 Å². The van der Waals surface area contributed by atoms with Crippen molar-refractivity contribution in [3.05, 3.63) is 0 Å². The molecule has 12 heavy (non-hydrogen) atoms. The predicted molar refractivity (Wildman–Crippen MR) is 51.1 cm³/mol. The van der Waals surface area contributed by atoms with Crippen molar-refractivity contribution in [2.75, 3.05) is 13.2 Å². The molecule has 0 aromatic heterocycles. The van der Waals surface area contributed by atoms with Gasteiger partial charge in [0.05, 0.1) is 0 Å². The number of aliphatic hydroxyl groups is 1. The number of rotatable bonds is 3. The standard InChI is InChI=1S/C10H21NO/c1-3-9-6-8(2)7-11-10(9)4-5-12/h8-12H,3-7H2,1-2H3. The lowest BCUT2D eigenvalue weighted by Crippen LogP contribution is -2.44. The molecule has 0 aromatic rings. The van der Waals surface area contributed by atoms with Gasteiger partial charge in [0.2, 0.25) is 0 Å². The van der Waals surface area contributed by atoms with Gasteiger partial charge in [0, 0.05) is 12.6 Å². The fourth-order valence-electron chi connectivity index (χ4n) is 2.21. The van der Waals surface area contributed by atoms with Gasteiger partial charge in [0.1, 0.15) is 0 Å². The number of nitrogens with one attached hydrogen (secondary N) is 1. The molecule has 0 aliphatic carbocycles. The summed E-state index contributed by atoms with van der Waals surface area (Å²) in [7, 11) is 0. The van der Waals surface area contributed by atoms with Gasteiger partial charge in [-0.15, -0.1) is 0 Å². The molecule has 0 amide bonds. The van der Waals surface area contributed by atoms with Crippen LogP contribution in [0.2, 0.25) is 0 Å². The van der Waals surface area contributed by atoms with Crippen LogP contribution >= 0.6 is 0 Å². The van der Waals surface area contributed by atoms with E-state index in [4.69, 9.17) is 5.11 Å². The number of piperidine rings is 1. The van der Waals surface area contributed by atoms with E-state index in [2.05, 4.69) is 19.2 Å². The second-order valence-corrected chi connectivity index (χ2v) is 4.04. The summed E-state index contributed by atoms with van der Waals surface area (Å²) in [6, 6.07) is 0.566. The van der Waals surface area contributed by atoms with Crippen molar-refractivity contribution in [2.24, 2.45) is 11.8 Å². The summed E-state index contributed by atoms with van der Waals surface area (Å²) < 4.78 is 0. The quantitative estimate of drug-likeness (QED) is 0.672. The molecule has 1 rings (SSSR count). The van der Waals surface area contributed by atoms with Crippen molar-refractivity contribution < 1.29 is 5.11 Å². The monoisotopic (exact) mass is 171 g/mol. The third kappa shape index (κ3) is 2.46. The molecule has 0 bridgehead atoms. The van der Waals surface area contributed by atoms with Gasteiger partial charge in [-0.1, -0.05) is 20.3 Å². The molecule has 0 radical (unpaired) electrons. The van der Waals surface area contributed by atoms with Gasteiger partial charge in [-0.25, -0.2) is 0 Å². The van der Waals surface area contributed by atoms with Crippen LogP contribution in [-0.4, -0.2) is 24.3 Å². The summed E-state index contributed by atoms with van der Waals surface area (Å²) in [5.41, 5.74) is 0. The van der Waals surface area contributed by atoms with Crippen LogP contribution in [-0.2, 0) is 0 Å². The van der Waals surface area contributed by atoms with Crippen LogP contribution in [0.25, 0.3) is 0 Å². The molecule has 72 valence electrons. The Morgan fingerprint density at radius 3 is 2.83 bits per heavy atom. The molecule has 1 aliphatic rings. The average molecular weight is 171 g/mol. The first-order chi connectivity index (χ1) is 5.77. The molecule has 0 spiro atoms. The lowest BCUT2D eigenvalue weighted by atomic mass is 9.82. The first-order valence-electron chi connectivity index (χ1n) is 5.12. The summed E-state index contributed by atoms with van der Waals surface area (Å²) in [4.78, 5) is 0. The molecule has 1 heterocycles. The molecule has 3 atom stereocenters. The van der Waals surface area contributed by atoms with Crippen LogP contribution in [0, 0.1) is 11.8 Å². The Hall–Kier alpha value is -0.0800. The molecule has 2 heteroatoms. The van der Waals surface area contributed by atoms with Gasteiger partial charge in [0.25, 0.3) is 0 Å². The highest BCUT2D eigenvalue weighted by molar-refractivity contribution is 4.82. The lowest BCUT2D eigenvalue weighted by molar-refractivity contribution is 0.178. The van der Waals surface area contributed by atoms with Crippen molar-refractivity contribution in [1.82, 2.24) is 5.32 Å². The molecule has 1 fully saturated rings. The second-order valence-electron chi connectivity index (χ2n) is 4.04. The van der Waals surface area contributed by atoms with Crippen molar-refractivity contribution in [3.8, 4) is 0 Å². The zero-order chi connectivity index (χ0) is 8.97. The molecule has 2 N–H and O–H groups in total. The third-order valence-corrected chi connectivity index (χ3v) is 2.97. The maximum absolute atomic E-state index is 8.86. The summed E-state index contributed by atoms with van der Waals surface area (Å²) >= 11 is 0. The van der Waals surface area contributed by atoms with Gasteiger partial charge in [-0.05, 0) is 31.2 Å². The van der Waals surface area contributed by atoms with E-state index in [1.54, 1.807) is 0 Å². The molecule has 1 saturated heterocycles. The van der Waals surface area contributed by atoms with Gasteiger partial charge in [0.15, 0.2) is 0 Å². The van der Waals surface area contributed by atoms with E-state index in [9.17, 15) is 0 Å². The molecule has 0 aromatic carbocycles. The molecule has 2 nitrogen and oxygen atoms in total. The Bertz CT molecular complexity index is 127. The predicted octanol–water partition coefficient (Wildman–Crippen LogP) is 1.39. The van der Waals surface area contributed by atoms with Crippen molar-refractivity contribution in [2.45, 2.75) is 39.2 Å². The molecule has 0 saturated carbocycles. The van der Waals surface area contributed by atoms with E-state index in [-0.39, 0.29) is 0 Å². The molecule has 1 aliphatic heterocycles. The fourth-order valence-corrected chi connectivity index (χ4v) is 2.21. The average Bonchev–Trinajstić information content (AvgIpc) is 2.08. The Balaban J connectivity index is 2.39. The van der Waals surface area contributed by atoms with Crippen LogP contribution in [0.1, 0.15) is 33.1 Å². The van der Waals surface area contributed by atoms with Crippen molar-refractivity contribution >= 4 is 0 Å². The number of hydrogen-bond acceptors (Lipinski definition) is 2. The first-order valence-corrected chi connectivity index (χ1v) is 5.12. The minimum Gasteiger partial charge on any atom is -0.396 e. The molecular weight excluding hydrogens is 150 g/mol. The zero-order valence-corrected chi connectivity index (χ0v) is 8.21. The van der Waals surface area contributed by atoms with Crippen LogP contribution in [0.3, 0.4) is 0 Å². The largest absolute Gasteiger partial charge is 0.396 e. The highest BCUT2D eigenvalue weighted by Gasteiger charge is 2.25. The van der Waals surface area contributed by atoms with E-state index < -0.39 is 0 Å². The summed E-state index contributed by atoms with van der Waals surface area (Å²) in [6.45, 7) is 5.99. The van der Waals surface area contributed by atoms with E-state index in [0.717, 1.165) is 24.8 Å². The Kier molecular flexibility index (Phi) is 4.02. The van der Waals surface area contributed by atoms with Crippen molar-refractivity contribution in [1.29, 1.82) is 0 Å². The smallest absolute Gasteiger partial charge is 0.0445 e. The summed E-state index contributed by atoms with van der Waals surface area (Å²) in [6.07, 6.45) is 3.49. The second kappa shape index (κ2) is 4.83. The van der Waals surface area contributed by atoms with Crippen LogP contribution in [0.5, 0.6) is 0 Å². The van der Waals surface area contributed by atoms with E-state index in [1.807, 2.05) is 0 Å². The highest BCUT2D eigenvalue weighted by atomic mass is 16.3. The summed E-state index contributed by atoms with van der Waals surface area (Å²) in [5.74, 6) is 1.59. The van der Waals surface area contributed by atoms with Crippen LogP contribution in [0.15, 0.2) is 0 Å². The maximum atomic E-state index is 8.86. The van der Waals surface area contributed by atoms with Gasteiger partial charge in [-0.2, -0.15) is 0 Å². The van der Waals surface area contributed by atoms with E-state index >= 15 is 0 Å². The number of aliphatic hydroxyl groups excluding tert-OH is 1. The van der Waals surface area contributed by atoms with E-state index in [0.29, 0.717) is 12.6 Å². The Morgan fingerprint density at radius 2 is 2.25 bits per heavy atom. The van der Waals surface area contributed by atoms with Gasteiger partial charge < -0.3 is 10.4 Å². The maximum Gasteiger partial charge on any atom is 0.0445 e. The van der Waals surface area contributed by atoms with Crippen molar-refractivity contribution in [3.63, 3.8) is 0 Å². The number of hydrogen-bond donors (Lipinski definition) is 2. The first kappa shape index (κ1) is 10.0. The molecular formula is C10H21NO. The highest BCUT2D eigenvalue weighted by Crippen LogP contribution is 2.24. The Morgan fingerprint density at radius 1 is 1.50 bits per heavy atom. The summed E-state index contributed by atoms with van der Waals surface area (Å²) in [5, 5.41) is 12.4. The topological polar surface area (TPSA) is 32.3 Å². The fraction of sp³-hybridized carbons (Fsp3) is 1.00. The lowest BCUT2D eigenvalue weighted by Gasteiger charge is -2.35. The van der Waals surface area contributed by atoms with Crippen LogP contribution in [0.4, 0.5) is 0 Å². The zero-order valence-electron chi connectivity index (χ0n) is 8.21. The SMILES string of the molecule is CCC1CC(C)CNC1CCO. The Labute approximate surface area is 75.4 Å². The third-order valence-electron chi connectivity index (χ3n) is 2.97. The van der Waals surface area contributed by atoms with Gasteiger partial charge >= 0.3 is 0 Å².